The van der Waals surface area contributed by atoms with Gasteiger partial charge in [0, 0.05) is 0 Å². The van der Waals surface area contributed by atoms with E-state index in [0.29, 0.717) is 0 Å². The molecule has 0 atom stereocenters. The zero-order valence-electron chi connectivity index (χ0n) is 15.6. The molecule has 122 valence electrons. The van der Waals surface area contributed by atoms with Gasteiger partial charge < -0.3 is 0 Å². The highest BCUT2D eigenvalue weighted by molar-refractivity contribution is 5.79. The molecule has 0 unspecified atom stereocenters. The molecule has 0 aliphatic heterocycles. The predicted molar refractivity (Wildman–Crippen MR) is 106 cm³/mol. The van der Waals surface area contributed by atoms with Gasteiger partial charge in [0.05, 0.1) is 0 Å². The molecule has 0 aromatic heterocycles. The highest BCUT2D eigenvalue weighted by Gasteiger charge is 2.12. The van der Waals surface area contributed by atoms with Crippen LogP contribution in [0, 0.1) is 41.5 Å². The Morgan fingerprint density at radius 3 is 1.71 bits per heavy atom. The van der Waals surface area contributed by atoms with Crippen LogP contribution in [0.1, 0.15) is 33.4 Å². The number of benzene rings is 3. The van der Waals surface area contributed by atoms with Gasteiger partial charge >= 0.3 is 0 Å². The molecule has 0 aliphatic rings. The summed E-state index contributed by atoms with van der Waals surface area (Å²) in [4.78, 5) is 0. The summed E-state index contributed by atoms with van der Waals surface area (Å²) in [5.41, 5.74) is 13.5. The Morgan fingerprint density at radius 2 is 1.04 bits per heavy atom. The van der Waals surface area contributed by atoms with E-state index in [0.717, 1.165) is 0 Å². The number of rotatable bonds is 2. The molecule has 0 aliphatic carbocycles. The van der Waals surface area contributed by atoms with Crippen LogP contribution >= 0.6 is 0 Å². The molecule has 0 amide bonds. The van der Waals surface area contributed by atoms with Gasteiger partial charge in [-0.3, -0.25) is 0 Å². The minimum absolute atomic E-state index is 1.30. The monoisotopic (exact) mass is 314 g/mol. The van der Waals surface area contributed by atoms with Crippen molar-refractivity contribution in [2.45, 2.75) is 41.5 Å². The highest BCUT2D eigenvalue weighted by Crippen LogP contribution is 2.35. The van der Waals surface area contributed by atoms with Gasteiger partial charge in [-0.1, -0.05) is 54.1 Å². The topological polar surface area (TPSA) is 0 Å². The second kappa shape index (κ2) is 6.28. The number of hydrogen-bond acceptors (Lipinski definition) is 0. The van der Waals surface area contributed by atoms with E-state index in [9.17, 15) is 0 Å². The van der Waals surface area contributed by atoms with E-state index in [2.05, 4.69) is 90.1 Å². The lowest BCUT2D eigenvalue weighted by atomic mass is 9.87. The lowest BCUT2D eigenvalue weighted by Crippen LogP contribution is -1.96. The first-order valence-electron chi connectivity index (χ1n) is 8.64. The molecule has 0 heteroatoms. The van der Waals surface area contributed by atoms with Crippen molar-refractivity contribution in [3.63, 3.8) is 0 Å². The minimum atomic E-state index is 1.30. The molecular formula is C24H26. The van der Waals surface area contributed by atoms with Crippen LogP contribution in [0.25, 0.3) is 22.3 Å². The summed E-state index contributed by atoms with van der Waals surface area (Å²) in [5.74, 6) is 0. The van der Waals surface area contributed by atoms with Gasteiger partial charge in [0.2, 0.25) is 0 Å². The van der Waals surface area contributed by atoms with E-state index < -0.39 is 0 Å². The van der Waals surface area contributed by atoms with Crippen molar-refractivity contribution in [3.8, 4) is 22.3 Å². The number of aryl methyl sites for hydroxylation is 2. The van der Waals surface area contributed by atoms with Crippen molar-refractivity contribution in [2.75, 3.05) is 0 Å². The summed E-state index contributed by atoms with van der Waals surface area (Å²) in [6, 6.07) is 17.8. The van der Waals surface area contributed by atoms with Crippen LogP contribution in [0.15, 0.2) is 48.5 Å². The molecule has 0 spiro atoms. The fourth-order valence-electron chi connectivity index (χ4n) is 3.49. The third-order valence-electron chi connectivity index (χ3n) is 5.46. The molecule has 3 rings (SSSR count). The van der Waals surface area contributed by atoms with Crippen LogP contribution in [0.5, 0.6) is 0 Å². The fraction of sp³-hybridized carbons (Fsp3) is 0.250. The molecule has 0 nitrogen and oxygen atoms in total. The van der Waals surface area contributed by atoms with E-state index in [1.54, 1.807) is 0 Å². The standard InChI is InChI=1S/C24H26/c1-15-8-7-9-21(14-15)22-12-13-24(20(6)19(22)5)23-11-10-16(2)17(3)18(23)4/h7-14H,1-6H3. The quantitative estimate of drug-likeness (QED) is 0.484. The average Bonchev–Trinajstić information content (AvgIpc) is 2.56. The SMILES string of the molecule is Cc1cccc(-c2ccc(-c3ccc(C)c(C)c3C)c(C)c2C)c1. The second-order valence-corrected chi connectivity index (χ2v) is 6.96. The van der Waals surface area contributed by atoms with Crippen molar-refractivity contribution in [3.05, 3.63) is 81.9 Å². The first-order chi connectivity index (χ1) is 11.4. The summed E-state index contributed by atoms with van der Waals surface area (Å²) < 4.78 is 0. The maximum atomic E-state index is 2.29. The van der Waals surface area contributed by atoms with E-state index in [-0.39, 0.29) is 0 Å². The van der Waals surface area contributed by atoms with Gasteiger partial charge in [0.1, 0.15) is 0 Å². The third-order valence-corrected chi connectivity index (χ3v) is 5.46. The molecule has 0 heterocycles. The van der Waals surface area contributed by atoms with Crippen molar-refractivity contribution in [1.82, 2.24) is 0 Å². The molecular weight excluding hydrogens is 288 g/mol. The van der Waals surface area contributed by atoms with E-state index >= 15 is 0 Å². The first-order valence-corrected chi connectivity index (χ1v) is 8.64. The average molecular weight is 314 g/mol. The third kappa shape index (κ3) is 2.78. The Kier molecular flexibility index (Phi) is 4.32. The molecule has 0 N–H and O–H groups in total. The van der Waals surface area contributed by atoms with Gasteiger partial charge in [-0.2, -0.15) is 0 Å². The second-order valence-electron chi connectivity index (χ2n) is 6.96. The smallest absolute Gasteiger partial charge is 0.0149 e. The zero-order valence-corrected chi connectivity index (χ0v) is 15.6. The van der Waals surface area contributed by atoms with E-state index in [1.165, 1.54) is 55.6 Å². The molecule has 0 fully saturated rings. The largest absolute Gasteiger partial charge is 0.0614 e. The summed E-state index contributed by atoms with van der Waals surface area (Å²) in [7, 11) is 0. The molecule has 24 heavy (non-hydrogen) atoms. The Bertz CT molecular complexity index is 914. The minimum Gasteiger partial charge on any atom is -0.0614 e. The Morgan fingerprint density at radius 1 is 0.500 bits per heavy atom. The van der Waals surface area contributed by atoms with Crippen molar-refractivity contribution < 1.29 is 0 Å². The van der Waals surface area contributed by atoms with Crippen LogP contribution in [0.3, 0.4) is 0 Å². The molecule has 0 bridgehead atoms. The van der Waals surface area contributed by atoms with Crippen molar-refractivity contribution >= 4 is 0 Å². The highest BCUT2D eigenvalue weighted by atomic mass is 14.2. The van der Waals surface area contributed by atoms with Crippen molar-refractivity contribution in [2.24, 2.45) is 0 Å². The lowest BCUT2D eigenvalue weighted by molar-refractivity contribution is 1.25. The Labute approximate surface area is 146 Å². The van der Waals surface area contributed by atoms with Crippen LogP contribution in [0.2, 0.25) is 0 Å². The summed E-state index contributed by atoms with van der Waals surface area (Å²) in [6.07, 6.45) is 0. The van der Waals surface area contributed by atoms with Crippen molar-refractivity contribution in [1.29, 1.82) is 0 Å². The van der Waals surface area contributed by atoms with Gasteiger partial charge in [-0.15, -0.1) is 0 Å². The van der Waals surface area contributed by atoms with Crippen LogP contribution in [-0.4, -0.2) is 0 Å². The zero-order chi connectivity index (χ0) is 17.4. The predicted octanol–water partition coefficient (Wildman–Crippen LogP) is 6.87. The van der Waals surface area contributed by atoms with Gasteiger partial charge in [0.25, 0.3) is 0 Å². The van der Waals surface area contributed by atoms with E-state index in [1.807, 2.05) is 0 Å². The molecule has 0 saturated carbocycles. The van der Waals surface area contributed by atoms with Gasteiger partial charge in [0.15, 0.2) is 0 Å². The Balaban J connectivity index is 2.17. The summed E-state index contributed by atoms with van der Waals surface area (Å²) >= 11 is 0. The molecule has 3 aromatic rings. The normalized spacial score (nSPS) is 10.9. The Hall–Kier alpha value is -2.34. The first kappa shape index (κ1) is 16.5. The molecule has 3 aromatic carbocycles. The molecule has 0 saturated heterocycles. The summed E-state index contributed by atoms with van der Waals surface area (Å²) in [5, 5.41) is 0. The van der Waals surface area contributed by atoms with Gasteiger partial charge in [-0.05, 0) is 91.6 Å². The molecule has 0 radical (unpaired) electrons. The lowest BCUT2D eigenvalue weighted by Gasteiger charge is -2.17. The fourth-order valence-corrected chi connectivity index (χ4v) is 3.49. The van der Waals surface area contributed by atoms with Crippen LogP contribution in [-0.2, 0) is 0 Å². The summed E-state index contributed by atoms with van der Waals surface area (Å²) in [6.45, 7) is 13.3. The number of hydrogen-bond donors (Lipinski definition) is 0. The van der Waals surface area contributed by atoms with E-state index in [4.69, 9.17) is 0 Å². The maximum absolute atomic E-state index is 2.29. The maximum Gasteiger partial charge on any atom is -0.0149 e. The van der Waals surface area contributed by atoms with Crippen LogP contribution < -0.4 is 0 Å². The van der Waals surface area contributed by atoms with Gasteiger partial charge in [-0.25, -0.2) is 0 Å². The van der Waals surface area contributed by atoms with Crippen LogP contribution in [0.4, 0.5) is 0 Å².